The van der Waals surface area contributed by atoms with Gasteiger partial charge in [-0.1, -0.05) is 13.0 Å². The van der Waals surface area contributed by atoms with Crippen molar-refractivity contribution in [3.8, 4) is 11.8 Å². The number of carbonyl (C=O) groups is 2. The van der Waals surface area contributed by atoms with Gasteiger partial charge >= 0.3 is 5.97 Å². The molecule has 3 unspecified atom stereocenters. The van der Waals surface area contributed by atoms with E-state index in [-0.39, 0.29) is 30.1 Å². The molecule has 1 rings (SSSR count). The van der Waals surface area contributed by atoms with Crippen LogP contribution in [0.1, 0.15) is 64.7 Å². The number of unbranched alkanes of at least 4 members (excludes halogenated alkanes) is 2. The molecule has 23 heavy (non-hydrogen) atoms. The number of ketones is 1. The van der Waals surface area contributed by atoms with E-state index in [1.807, 2.05) is 13.0 Å². The summed E-state index contributed by atoms with van der Waals surface area (Å²) in [5.74, 6) is 5.90. The number of aliphatic hydroxyl groups excluding tert-OH is 1. The fraction of sp³-hybridized carbons (Fsp3) is 0.684. The van der Waals surface area contributed by atoms with Gasteiger partial charge in [0, 0.05) is 31.6 Å². The second-order valence-electron chi connectivity index (χ2n) is 6.21. The Morgan fingerprint density at radius 3 is 2.65 bits per heavy atom. The van der Waals surface area contributed by atoms with Gasteiger partial charge in [-0.05, 0) is 44.1 Å². The summed E-state index contributed by atoms with van der Waals surface area (Å²) in [6.07, 6.45) is 9.36. The third-order valence-corrected chi connectivity index (χ3v) is 4.27. The first-order valence-corrected chi connectivity index (χ1v) is 8.61. The highest BCUT2D eigenvalue weighted by Gasteiger charge is 2.32. The first-order chi connectivity index (χ1) is 11.0. The summed E-state index contributed by atoms with van der Waals surface area (Å²) < 4.78 is 0. The molecule has 3 atom stereocenters. The van der Waals surface area contributed by atoms with Crippen molar-refractivity contribution >= 4 is 11.8 Å². The van der Waals surface area contributed by atoms with Crippen LogP contribution in [0.2, 0.25) is 0 Å². The van der Waals surface area contributed by atoms with Crippen molar-refractivity contribution in [1.29, 1.82) is 0 Å². The summed E-state index contributed by atoms with van der Waals surface area (Å²) in [4.78, 5) is 22.0. The van der Waals surface area contributed by atoms with E-state index in [2.05, 4.69) is 11.8 Å². The minimum atomic E-state index is -0.765. The molecule has 0 bridgehead atoms. The molecule has 4 nitrogen and oxygen atoms in total. The molecule has 1 saturated carbocycles. The van der Waals surface area contributed by atoms with Crippen LogP contribution in [-0.4, -0.2) is 28.1 Å². The number of hydrogen-bond acceptors (Lipinski definition) is 3. The normalized spacial score (nSPS) is 23.7. The lowest BCUT2D eigenvalue weighted by atomic mass is 9.91. The Kier molecular flexibility index (Phi) is 9.31. The van der Waals surface area contributed by atoms with Crippen molar-refractivity contribution in [1.82, 2.24) is 0 Å². The lowest BCUT2D eigenvalue weighted by Crippen LogP contribution is -2.17. The van der Waals surface area contributed by atoms with Gasteiger partial charge in [0.2, 0.25) is 0 Å². The van der Waals surface area contributed by atoms with E-state index >= 15 is 0 Å². The maximum atomic E-state index is 11.6. The van der Waals surface area contributed by atoms with Gasteiger partial charge in [-0.3, -0.25) is 9.59 Å². The van der Waals surface area contributed by atoms with Gasteiger partial charge in [0.25, 0.3) is 0 Å². The molecule has 1 aliphatic carbocycles. The highest BCUT2D eigenvalue weighted by molar-refractivity contribution is 5.89. The molecule has 1 fully saturated rings. The van der Waals surface area contributed by atoms with Crippen LogP contribution in [0.4, 0.5) is 0 Å². The molecule has 128 valence electrons. The number of hydrogen-bond donors (Lipinski definition) is 2. The van der Waals surface area contributed by atoms with Crippen LogP contribution in [0.15, 0.2) is 12.2 Å². The van der Waals surface area contributed by atoms with E-state index in [4.69, 9.17) is 5.11 Å². The summed E-state index contributed by atoms with van der Waals surface area (Å²) in [6.45, 7) is 1.99. The van der Waals surface area contributed by atoms with Crippen LogP contribution in [0.25, 0.3) is 0 Å². The van der Waals surface area contributed by atoms with E-state index in [1.54, 1.807) is 6.08 Å². The van der Waals surface area contributed by atoms with Crippen molar-refractivity contribution in [2.75, 3.05) is 0 Å². The molecule has 0 amide bonds. The van der Waals surface area contributed by atoms with Gasteiger partial charge in [-0.15, -0.1) is 11.8 Å². The molecule has 0 radical (unpaired) electrons. The van der Waals surface area contributed by atoms with Crippen molar-refractivity contribution in [3.63, 3.8) is 0 Å². The average Bonchev–Trinajstić information content (AvgIpc) is 2.85. The van der Waals surface area contributed by atoms with Crippen molar-refractivity contribution < 1.29 is 19.8 Å². The van der Waals surface area contributed by atoms with Gasteiger partial charge in [-0.25, -0.2) is 0 Å². The monoisotopic (exact) mass is 320 g/mol. The summed E-state index contributed by atoms with van der Waals surface area (Å²) in [7, 11) is 0. The average molecular weight is 320 g/mol. The first kappa shape index (κ1) is 19.4. The number of carbonyl (C=O) groups excluding carboxylic acids is 1. The van der Waals surface area contributed by atoms with Gasteiger partial charge in [0.15, 0.2) is 5.78 Å². The lowest BCUT2D eigenvalue weighted by molar-refractivity contribution is -0.137. The van der Waals surface area contributed by atoms with Crippen LogP contribution in [0.3, 0.4) is 0 Å². The summed E-state index contributed by atoms with van der Waals surface area (Å²) in [5, 5.41) is 18.6. The highest BCUT2D eigenvalue weighted by atomic mass is 16.4. The Labute approximate surface area is 139 Å². The molecule has 2 N–H and O–H groups in total. The van der Waals surface area contributed by atoms with Gasteiger partial charge in [0.05, 0.1) is 6.10 Å². The van der Waals surface area contributed by atoms with Crippen LogP contribution in [0, 0.1) is 23.7 Å². The molecule has 0 aromatic rings. The summed E-state index contributed by atoms with van der Waals surface area (Å²) >= 11 is 0. The fourth-order valence-electron chi connectivity index (χ4n) is 2.93. The van der Waals surface area contributed by atoms with Gasteiger partial charge in [-0.2, -0.15) is 0 Å². The summed E-state index contributed by atoms with van der Waals surface area (Å²) in [6, 6.07) is 0. The minimum Gasteiger partial charge on any atom is -0.481 e. The lowest BCUT2D eigenvalue weighted by Gasteiger charge is -2.16. The zero-order valence-corrected chi connectivity index (χ0v) is 14.0. The molecule has 0 aliphatic heterocycles. The highest BCUT2D eigenvalue weighted by Crippen LogP contribution is 2.35. The van der Waals surface area contributed by atoms with Crippen molar-refractivity contribution in [2.45, 2.75) is 70.8 Å². The Balaban J connectivity index is 2.37. The SMILES string of the molecule is CCCC(=O)C=CC1CCC(O)C1CC#CCCCCC(=O)O. The van der Waals surface area contributed by atoms with Crippen LogP contribution >= 0.6 is 0 Å². The third-order valence-electron chi connectivity index (χ3n) is 4.27. The molecule has 0 aromatic carbocycles. The smallest absolute Gasteiger partial charge is 0.303 e. The molecule has 4 heteroatoms. The number of aliphatic hydroxyl groups is 1. The van der Waals surface area contributed by atoms with E-state index in [0.29, 0.717) is 25.7 Å². The second kappa shape index (κ2) is 11.0. The topological polar surface area (TPSA) is 74.6 Å². The maximum Gasteiger partial charge on any atom is 0.303 e. The standard InChI is InChI=1S/C19H28O4/c1-2-8-16(20)13-11-15-12-14-18(21)17(15)9-6-4-3-5-7-10-19(22)23/h11,13,15,17-18,21H,2-3,5,7-10,12,14H2,1H3,(H,22,23). The predicted molar refractivity (Wildman–Crippen MR) is 89.8 cm³/mol. The van der Waals surface area contributed by atoms with Gasteiger partial charge in [0.1, 0.15) is 0 Å². The molecule has 0 saturated heterocycles. The Morgan fingerprint density at radius 1 is 1.17 bits per heavy atom. The first-order valence-electron chi connectivity index (χ1n) is 8.61. The second-order valence-corrected chi connectivity index (χ2v) is 6.21. The maximum absolute atomic E-state index is 11.6. The van der Waals surface area contributed by atoms with Crippen LogP contribution < -0.4 is 0 Å². The number of carboxylic acid groups (broad SMARTS) is 1. The van der Waals surface area contributed by atoms with Crippen molar-refractivity contribution in [2.24, 2.45) is 11.8 Å². The quantitative estimate of drug-likeness (QED) is 0.388. The number of allylic oxidation sites excluding steroid dienone is 2. The Bertz CT molecular complexity index is 469. The van der Waals surface area contributed by atoms with Gasteiger partial charge < -0.3 is 10.2 Å². The number of aliphatic carboxylic acids is 1. The molecular formula is C19H28O4. The van der Waals surface area contributed by atoms with E-state index in [1.165, 1.54) is 0 Å². The Morgan fingerprint density at radius 2 is 1.96 bits per heavy atom. The fourth-order valence-corrected chi connectivity index (χ4v) is 2.93. The third kappa shape index (κ3) is 7.99. The molecular weight excluding hydrogens is 292 g/mol. The van der Waals surface area contributed by atoms with E-state index in [0.717, 1.165) is 25.7 Å². The predicted octanol–water partition coefficient (Wildman–Crippen LogP) is 3.34. The largest absolute Gasteiger partial charge is 0.481 e. The van der Waals surface area contributed by atoms with Crippen LogP contribution in [0.5, 0.6) is 0 Å². The minimum absolute atomic E-state index is 0.104. The number of rotatable bonds is 9. The van der Waals surface area contributed by atoms with E-state index < -0.39 is 5.97 Å². The van der Waals surface area contributed by atoms with Crippen LogP contribution in [-0.2, 0) is 9.59 Å². The van der Waals surface area contributed by atoms with Crippen molar-refractivity contribution in [3.05, 3.63) is 12.2 Å². The summed E-state index contributed by atoms with van der Waals surface area (Å²) in [5.41, 5.74) is 0. The molecule has 0 aromatic heterocycles. The number of carboxylic acids is 1. The molecule has 0 heterocycles. The van der Waals surface area contributed by atoms with E-state index in [9.17, 15) is 14.7 Å². The molecule has 1 aliphatic rings. The zero-order valence-electron chi connectivity index (χ0n) is 14.0. The zero-order chi connectivity index (χ0) is 17.1. The molecule has 0 spiro atoms. The Hall–Kier alpha value is -1.60.